The van der Waals surface area contributed by atoms with E-state index in [0.717, 1.165) is 42.3 Å². The van der Waals surface area contributed by atoms with Gasteiger partial charge in [-0.1, -0.05) is 35.2 Å². The average molecular weight is 420 g/mol. The maximum absolute atomic E-state index is 12.8. The first kappa shape index (κ1) is 18.6. The van der Waals surface area contributed by atoms with Gasteiger partial charge in [-0.05, 0) is 36.3 Å². The topological polar surface area (TPSA) is 62.2 Å². The van der Waals surface area contributed by atoms with Gasteiger partial charge in [-0.2, -0.15) is 0 Å². The summed E-state index contributed by atoms with van der Waals surface area (Å²) < 4.78 is 5.20. The number of carbonyl (C=O) groups excluding carboxylic acids is 1. The number of carbonyl (C=O) groups is 1. The summed E-state index contributed by atoms with van der Waals surface area (Å²) in [5.41, 5.74) is 1.93. The zero-order valence-electron chi connectivity index (χ0n) is 15.3. The number of benzene rings is 1. The summed E-state index contributed by atoms with van der Waals surface area (Å²) in [7, 11) is 0. The van der Waals surface area contributed by atoms with Crippen molar-refractivity contribution in [2.75, 3.05) is 37.3 Å². The Morgan fingerprint density at radius 2 is 2.07 bits per heavy atom. The molecular formula is C18H21N5OS3. The molecule has 1 amide bonds. The van der Waals surface area contributed by atoms with Crippen molar-refractivity contribution in [2.45, 2.75) is 24.7 Å². The van der Waals surface area contributed by atoms with Gasteiger partial charge in [-0.3, -0.25) is 4.79 Å². The quantitative estimate of drug-likeness (QED) is 0.587. The normalized spacial score (nSPS) is 14.9. The van der Waals surface area contributed by atoms with Gasteiger partial charge in [0.15, 0.2) is 5.13 Å². The minimum absolute atomic E-state index is 0.0714. The van der Waals surface area contributed by atoms with E-state index >= 15 is 0 Å². The fraction of sp³-hybridized carbons (Fsp3) is 0.444. The van der Waals surface area contributed by atoms with Crippen molar-refractivity contribution in [1.29, 1.82) is 0 Å². The molecule has 9 heteroatoms. The second kappa shape index (κ2) is 8.12. The van der Waals surface area contributed by atoms with Crippen molar-refractivity contribution in [3.05, 3.63) is 28.8 Å². The Morgan fingerprint density at radius 3 is 2.81 bits per heavy atom. The molecule has 0 radical (unpaired) electrons. The Labute approximate surface area is 170 Å². The molecule has 0 aliphatic carbocycles. The highest BCUT2D eigenvalue weighted by atomic mass is 32.2. The first-order valence-corrected chi connectivity index (χ1v) is 11.8. The van der Waals surface area contributed by atoms with E-state index in [1.54, 1.807) is 23.1 Å². The highest BCUT2D eigenvalue weighted by Crippen LogP contribution is 2.34. The van der Waals surface area contributed by atoms with Crippen LogP contribution in [0.4, 0.5) is 5.13 Å². The van der Waals surface area contributed by atoms with Gasteiger partial charge in [0.05, 0.1) is 15.9 Å². The first-order valence-electron chi connectivity index (χ1n) is 9.00. The molecule has 1 fully saturated rings. The number of nitrogens with zero attached hydrogens (tertiary/aromatic N) is 5. The number of amides is 1. The van der Waals surface area contributed by atoms with Gasteiger partial charge in [0.1, 0.15) is 4.88 Å². The number of thiazole rings is 1. The average Bonchev–Trinajstić information content (AvgIpc) is 3.34. The van der Waals surface area contributed by atoms with E-state index in [-0.39, 0.29) is 5.91 Å². The molecule has 0 N–H and O–H groups in total. The van der Waals surface area contributed by atoms with Crippen LogP contribution >= 0.6 is 34.6 Å². The highest BCUT2D eigenvalue weighted by Gasteiger charge is 2.27. The molecule has 0 atom stereocenters. The van der Waals surface area contributed by atoms with Crippen molar-refractivity contribution in [2.24, 2.45) is 0 Å². The van der Waals surface area contributed by atoms with E-state index in [9.17, 15) is 4.79 Å². The molecule has 0 unspecified atom stereocenters. The third kappa shape index (κ3) is 3.68. The Morgan fingerprint density at radius 1 is 1.26 bits per heavy atom. The first-order chi connectivity index (χ1) is 13.2. The van der Waals surface area contributed by atoms with E-state index in [0.29, 0.717) is 18.0 Å². The number of hydrogen-bond donors (Lipinski definition) is 0. The highest BCUT2D eigenvalue weighted by molar-refractivity contribution is 7.98. The van der Waals surface area contributed by atoms with Crippen LogP contribution in [0, 0.1) is 0 Å². The van der Waals surface area contributed by atoms with Gasteiger partial charge in [0.2, 0.25) is 0 Å². The summed E-state index contributed by atoms with van der Waals surface area (Å²) in [6, 6.07) is 6.33. The van der Waals surface area contributed by atoms with Crippen molar-refractivity contribution in [3.63, 3.8) is 0 Å². The van der Waals surface area contributed by atoms with Crippen molar-refractivity contribution >= 4 is 55.9 Å². The van der Waals surface area contributed by atoms with Crippen LogP contribution in [0.1, 0.15) is 28.7 Å². The van der Waals surface area contributed by atoms with Crippen LogP contribution in [0.15, 0.2) is 23.1 Å². The van der Waals surface area contributed by atoms with Crippen LogP contribution in [0.3, 0.4) is 0 Å². The lowest BCUT2D eigenvalue weighted by Crippen LogP contribution is -2.48. The van der Waals surface area contributed by atoms with E-state index in [1.807, 2.05) is 4.90 Å². The molecule has 1 aromatic carbocycles. The smallest absolute Gasteiger partial charge is 0.267 e. The second-order valence-corrected chi connectivity index (χ2v) is 8.99. The van der Waals surface area contributed by atoms with Gasteiger partial charge in [0.25, 0.3) is 5.91 Å². The van der Waals surface area contributed by atoms with Gasteiger partial charge in [-0.25, -0.2) is 4.98 Å². The van der Waals surface area contributed by atoms with Crippen molar-refractivity contribution in [1.82, 2.24) is 19.5 Å². The number of hydrogen-bond acceptors (Lipinski definition) is 8. The van der Waals surface area contributed by atoms with Crippen LogP contribution in [-0.4, -0.2) is 57.8 Å². The SMILES string of the molecule is CCCc1nnsc1C(=O)N1CCN(c2nc3c(SC)cccc3s2)CC1. The number of anilines is 1. The molecule has 3 heterocycles. The number of rotatable bonds is 5. The van der Waals surface area contributed by atoms with Crippen LogP contribution in [0.2, 0.25) is 0 Å². The lowest BCUT2D eigenvalue weighted by molar-refractivity contribution is 0.0750. The molecule has 0 bridgehead atoms. The molecule has 0 saturated carbocycles. The van der Waals surface area contributed by atoms with E-state index in [1.165, 1.54) is 21.1 Å². The Balaban J connectivity index is 1.46. The maximum Gasteiger partial charge on any atom is 0.267 e. The van der Waals surface area contributed by atoms with E-state index in [2.05, 4.69) is 45.9 Å². The standard InChI is InChI=1S/C18H21N5OS3/c1-3-5-12-16(27-21-20-12)17(24)22-8-10-23(11-9-22)18-19-15-13(25-2)6-4-7-14(15)26-18/h4,6-7H,3,5,8-11H2,1-2H3. The third-order valence-corrected chi connectivity index (χ3v) is 7.27. The monoisotopic (exact) mass is 419 g/mol. The Bertz CT molecular complexity index is 946. The minimum atomic E-state index is 0.0714. The van der Waals surface area contributed by atoms with Crippen LogP contribution in [-0.2, 0) is 6.42 Å². The molecule has 0 spiro atoms. The molecule has 6 nitrogen and oxygen atoms in total. The number of fused-ring (bicyclic) bond motifs is 1. The fourth-order valence-electron chi connectivity index (χ4n) is 3.23. The van der Waals surface area contributed by atoms with E-state index in [4.69, 9.17) is 4.98 Å². The summed E-state index contributed by atoms with van der Waals surface area (Å²) in [6.07, 6.45) is 3.86. The van der Waals surface area contributed by atoms with E-state index < -0.39 is 0 Å². The number of aromatic nitrogens is 3. The predicted molar refractivity (Wildman–Crippen MR) is 113 cm³/mol. The van der Waals surface area contributed by atoms with Crippen molar-refractivity contribution < 1.29 is 4.79 Å². The third-order valence-electron chi connectivity index (χ3n) is 4.66. The molecular weight excluding hydrogens is 398 g/mol. The molecule has 1 aliphatic heterocycles. The predicted octanol–water partition coefficient (Wildman–Crippen LogP) is 3.78. The summed E-state index contributed by atoms with van der Waals surface area (Å²) in [6.45, 7) is 5.10. The molecule has 1 saturated heterocycles. The number of thioether (sulfide) groups is 1. The summed E-state index contributed by atoms with van der Waals surface area (Å²) >= 11 is 4.68. The second-order valence-electron chi connectivity index (χ2n) is 6.38. The Kier molecular flexibility index (Phi) is 5.60. The van der Waals surface area contributed by atoms with Gasteiger partial charge < -0.3 is 9.80 Å². The maximum atomic E-state index is 12.8. The van der Waals surface area contributed by atoms with Crippen LogP contribution in [0.25, 0.3) is 10.2 Å². The lowest BCUT2D eigenvalue weighted by Gasteiger charge is -2.34. The summed E-state index contributed by atoms with van der Waals surface area (Å²) in [5, 5.41) is 5.17. The van der Waals surface area contributed by atoms with Gasteiger partial charge in [-0.15, -0.1) is 16.9 Å². The number of aryl methyl sites for hydroxylation is 1. The lowest BCUT2D eigenvalue weighted by atomic mass is 10.2. The molecule has 142 valence electrons. The molecule has 4 rings (SSSR count). The number of piperazine rings is 1. The zero-order valence-corrected chi connectivity index (χ0v) is 17.8. The molecule has 27 heavy (non-hydrogen) atoms. The fourth-order valence-corrected chi connectivity index (χ4v) is 5.58. The minimum Gasteiger partial charge on any atom is -0.345 e. The summed E-state index contributed by atoms with van der Waals surface area (Å²) in [5.74, 6) is 0.0714. The molecule has 1 aliphatic rings. The van der Waals surface area contributed by atoms with Gasteiger partial charge in [0, 0.05) is 31.1 Å². The number of para-hydroxylation sites is 1. The molecule has 3 aromatic rings. The van der Waals surface area contributed by atoms with Crippen LogP contribution in [0.5, 0.6) is 0 Å². The molecule has 2 aromatic heterocycles. The Hall–Kier alpha value is -1.71. The zero-order chi connectivity index (χ0) is 18.8. The van der Waals surface area contributed by atoms with Crippen LogP contribution < -0.4 is 4.90 Å². The summed E-state index contributed by atoms with van der Waals surface area (Å²) in [4.78, 5) is 23.8. The van der Waals surface area contributed by atoms with Gasteiger partial charge >= 0.3 is 0 Å². The van der Waals surface area contributed by atoms with Crippen molar-refractivity contribution in [3.8, 4) is 0 Å². The largest absolute Gasteiger partial charge is 0.345 e.